The monoisotopic (exact) mass is 449 g/mol. The van der Waals surface area contributed by atoms with Crippen molar-refractivity contribution in [2.45, 2.75) is 49.8 Å². The molecule has 3 heterocycles. The molecule has 0 spiro atoms. The van der Waals surface area contributed by atoms with Crippen LogP contribution in [-0.2, 0) is 23.5 Å². The fourth-order valence-electron chi connectivity index (χ4n) is 3.22. The molecule has 0 saturated heterocycles. The molecule has 1 atom stereocenters. The van der Waals surface area contributed by atoms with Crippen LogP contribution in [0.5, 0.6) is 0 Å². The number of nitrogens with zero attached hydrogens (tertiary/aromatic N) is 2. The minimum Gasteiger partial charge on any atom is -0.383 e. The van der Waals surface area contributed by atoms with Crippen molar-refractivity contribution in [3.05, 3.63) is 44.7 Å². The Morgan fingerprint density at radius 1 is 1.31 bits per heavy atom. The molecule has 136 valence electrons. The lowest BCUT2D eigenvalue weighted by molar-refractivity contribution is 0.0254. The van der Waals surface area contributed by atoms with Gasteiger partial charge in [-0.05, 0) is 29.7 Å². The van der Waals surface area contributed by atoms with Crippen LogP contribution in [0.15, 0.2) is 33.9 Å². The molecule has 4 rings (SSSR count). The summed E-state index contributed by atoms with van der Waals surface area (Å²) >= 11 is 6.78. The van der Waals surface area contributed by atoms with Gasteiger partial charge < -0.3 is 10.5 Å². The Morgan fingerprint density at radius 2 is 2.12 bits per heavy atom. The minimum absolute atomic E-state index is 0.288. The highest BCUT2D eigenvalue weighted by Crippen LogP contribution is 2.39. The van der Waals surface area contributed by atoms with Gasteiger partial charge in [0.25, 0.3) is 0 Å². The van der Waals surface area contributed by atoms with Crippen LogP contribution in [0.4, 0.5) is 5.82 Å². The van der Waals surface area contributed by atoms with Crippen molar-refractivity contribution in [3.8, 4) is 0 Å². The third-order valence-corrected chi connectivity index (χ3v) is 7.06. The number of anilines is 1. The summed E-state index contributed by atoms with van der Waals surface area (Å²) in [5.41, 5.74) is 8.87. The van der Waals surface area contributed by atoms with E-state index in [4.69, 9.17) is 15.5 Å². The van der Waals surface area contributed by atoms with Gasteiger partial charge in [0.2, 0.25) is 0 Å². The van der Waals surface area contributed by atoms with E-state index in [2.05, 4.69) is 40.0 Å². The third-order valence-electron chi connectivity index (χ3n) is 4.52. The van der Waals surface area contributed by atoms with Crippen LogP contribution < -0.4 is 5.73 Å². The van der Waals surface area contributed by atoms with E-state index in [9.17, 15) is 0 Å². The zero-order chi connectivity index (χ0) is 18.1. The van der Waals surface area contributed by atoms with E-state index in [0.29, 0.717) is 12.4 Å². The Labute approximate surface area is 169 Å². The van der Waals surface area contributed by atoms with Gasteiger partial charge in [-0.25, -0.2) is 9.97 Å². The fraction of sp³-hybridized carbons (Fsp3) is 0.368. The van der Waals surface area contributed by atoms with Gasteiger partial charge in [0.15, 0.2) is 5.16 Å². The van der Waals surface area contributed by atoms with Gasteiger partial charge in [0.05, 0.1) is 18.1 Å². The van der Waals surface area contributed by atoms with Crippen molar-refractivity contribution in [2.24, 2.45) is 0 Å². The molecule has 0 unspecified atom stereocenters. The van der Waals surface area contributed by atoms with E-state index in [-0.39, 0.29) is 6.10 Å². The number of benzene rings is 1. The Bertz CT molecular complexity index is 927. The first kappa shape index (κ1) is 18.2. The van der Waals surface area contributed by atoms with Crippen LogP contribution >= 0.6 is 39.0 Å². The molecule has 2 N–H and O–H groups in total. The number of nitrogens with two attached hydrogens (primary N) is 1. The highest BCUT2D eigenvalue weighted by atomic mass is 79.9. The number of fused-ring (bicyclic) bond motifs is 3. The zero-order valence-corrected chi connectivity index (χ0v) is 17.7. The summed E-state index contributed by atoms with van der Waals surface area (Å²) in [7, 11) is 0. The van der Waals surface area contributed by atoms with E-state index >= 15 is 0 Å². The van der Waals surface area contributed by atoms with Gasteiger partial charge >= 0.3 is 0 Å². The summed E-state index contributed by atoms with van der Waals surface area (Å²) < 4.78 is 7.06. The van der Waals surface area contributed by atoms with Crippen molar-refractivity contribution in [3.63, 3.8) is 0 Å². The number of hydrogen-bond acceptors (Lipinski definition) is 6. The normalized spacial score (nSPS) is 16.8. The Balaban J connectivity index is 1.58. The first-order chi connectivity index (χ1) is 12.6. The average Bonchev–Trinajstić information content (AvgIpc) is 3.00. The van der Waals surface area contributed by atoms with Gasteiger partial charge in [-0.3, -0.25) is 0 Å². The van der Waals surface area contributed by atoms with Gasteiger partial charge in [-0.15, -0.1) is 11.3 Å². The molecule has 4 nitrogen and oxygen atoms in total. The number of aromatic nitrogens is 2. The molecule has 26 heavy (non-hydrogen) atoms. The second kappa shape index (κ2) is 7.84. The Hall–Kier alpha value is -1.15. The second-order valence-electron chi connectivity index (χ2n) is 6.42. The number of nitrogen functional groups attached to an aromatic ring is 1. The van der Waals surface area contributed by atoms with Crippen molar-refractivity contribution >= 4 is 55.1 Å². The highest BCUT2D eigenvalue weighted by Gasteiger charge is 2.25. The number of ether oxygens (including phenoxy) is 1. The molecule has 7 heteroatoms. The van der Waals surface area contributed by atoms with Crippen LogP contribution in [0.2, 0.25) is 0 Å². The second-order valence-corrected chi connectivity index (χ2v) is 9.36. The first-order valence-electron chi connectivity index (χ1n) is 8.70. The van der Waals surface area contributed by atoms with Crippen molar-refractivity contribution in [1.29, 1.82) is 0 Å². The lowest BCUT2D eigenvalue weighted by Gasteiger charge is -2.22. The minimum atomic E-state index is 0.288. The maximum absolute atomic E-state index is 6.33. The van der Waals surface area contributed by atoms with E-state index in [0.717, 1.165) is 44.9 Å². The number of rotatable bonds is 5. The molecule has 1 aliphatic heterocycles. The summed E-state index contributed by atoms with van der Waals surface area (Å²) in [6, 6.07) is 8.31. The van der Waals surface area contributed by atoms with Gasteiger partial charge in [0, 0.05) is 21.5 Å². The molecule has 1 aromatic carbocycles. The lowest BCUT2D eigenvalue weighted by Crippen LogP contribution is -2.21. The van der Waals surface area contributed by atoms with Crippen LogP contribution in [0.1, 0.15) is 35.8 Å². The van der Waals surface area contributed by atoms with E-state index in [1.54, 1.807) is 23.1 Å². The molecule has 0 radical (unpaired) electrons. The van der Waals surface area contributed by atoms with Crippen LogP contribution in [0.3, 0.4) is 0 Å². The molecule has 3 aromatic rings. The quantitative estimate of drug-likeness (QED) is 0.407. The maximum atomic E-state index is 6.33. The van der Waals surface area contributed by atoms with E-state index < -0.39 is 0 Å². The van der Waals surface area contributed by atoms with Crippen molar-refractivity contribution < 1.29 is 4.74 Å². The predicted molar refractivity (Wildman–Crippen MR) is 113 cm³/mol. The summed E-state index contributed by atoms with van der Waals surface area (Å²) in [6.07, 6.45) is 3.42. The maximum Gasteiger partial charge on any atom is 0.191 e. The summed E-state index contributed by atoms with van der Waals surface area (Å²) in [5, 5.41) is 1.78. The largest absolute Gasteiger partial charge is 0.383 e. The van der Waals surface area contributed by atoms with Crippen LogP contribution in [-0.4, -0.2) is 16.1 Å². The smallest absolute Gasteiger partial charge is 0.191 e. The number of thiophene rings is 1. The summed E-state index contributed by atoms with van der Waals surface area (Å²) in [4.78, 5) is 11.6. The predicted octanol–water partition coefficient (Wildman–Crippen LogP) is 5.57. The summed E-state index contributed by atoms with van der Waals surface area (Å²) in [6.45, 7) is 2.86. The average molecular weight is 450 g/mol. The first-order valence-corrected chi connectivity index (χ1v) is 11.3. The standard InChI is InChI=1S/C19H20BrN3OS2/c1-2-3-13-8-14-15(9-24-13)26-18-16(14)17(21)22-19(23-18)25-10-11-4-6-12(20)7-5-11/h4-7,13H,2-3,8-10H2,1H3,(H2,21,22,23)/t13-/m1/s1. The van der Waals surface area contributed by atoms with Crippen LogP contribution in [0, 0.1) is 0 Å². The van der Waals surface area contributed by atoms with E-state index in [1.807, 2.05) is 12.1 Å². The Kier molecular flexibility index (Phi) is 5.50. The van der Waals surface area contributed by atoms with Gasteiger partial charge in [-0.2, -0.15) is 0 Å². The molecular weight excluding hydrogens is 430 g/mol. The molecule has 0 bridgehead atoms. The molecule has 1 aliphatic rings. The number of thioether (sulfide) groups is 1. The van der Waals surface area contributed by atoms with Gasteiger partial charge in [0.1, 0.15) is 10.6 Å². The lowest BCUT2D eigenvalue weighted by atomic mass is 10.0. The molecular formula is C19H20BrN3OS2. The van der Waals surface area contributed by atoms with E-state index in [1.165, 1.54) is 16.0 Å². The molecule has 0 fully saturated rings. The molecule has 2 aromatic heterocycles. The zero-order valence-electron chi connectivity index (χ0n) is 14.5. The Morgan fingerprint density at radius 3 is 2.88 bits per heavy atom. The number of hydrogen-bond donors (Lipinski definition) is 1. The topological polar surface area (TPSA) is 61.0 Å². The molecule has 0 amide bonds. The molecule has 0 saturated carbocycles. The van der Waals surface area contributed by atoms with Crippen molar-refractivity contribution in [2.75, 3.05) is 5.73 Å². The number of halogens is 1. The van der Waals surface area contributed by atoms with Crippen LogP contribution in [0.25, 0.3) is 10.2 Å². The molecule has 0 aliphatic carbocycles. The summed E-state index contributed by atoms with van der Waals surface area (Å²) in [5.74, 6) is 1.42. The van der Waals surface area contributed by atoms with Crippen molar-refractivity contribution in [1.82, 2.24) is 9.97 Å². The highest BCUT2D eigenvalue weighted by molar-refractivity contribution is 9.10. The SMILES string of the molecule is CCC[C@@H]1Cc2c(sc3nc(SCc4ccc(Br)cc4)nc(N)c23)CO1. The van der Waals surface area contributed by atoms with Gasteiger partial charge in [-0.1, -0.05) is 53.2 Å². The fourth-order valence-corrected chi connectivity index (χ4v) is 5.48. The third kappa shape index (κ3) is 3.76.